The Hall–Kier alpha value is -1.14. The maximum Gasteiger partial charge on any atom is 0.259 e. The van der Waals surface area contributed by atoms with Crippen molar-refractivity contribution in [3.05, 3.63) is 34.1 Å². The summed E-state index contributed by atoms with van der Waals surface area (Å²) in [5, 5.41) is 8.51. The van der Waals surface area contributed by atoms with Gasteiger partial charge in [0.05, 0.1) is 16.6 Å². The lowest BCUT2D eigenvalue weighted by Crippen LogP contribution is -2.44. The Morgan fingerprint density at radius 2 is 2.05 bits per heavy atom. The van der Waals surface area contributed by atoms with Crippen LogP contribution in [0.3, 0.4) is 0 Å². The van der Waals surface area contributed by atoms with Crippen molar-refractivity contribution in [2.75, 3.05) is 26.2 Å². The third kappa shape index (κ3) is 3.21. The molecule has 1 atom stereocenters. The largest absolute Gasteiger partial charge is 0.334 e. The SMILES string of the molecule is CC(c1noc(-c2ccc(Cl)cc2Cl)n1)N1CCNCC1. The fraction of sp³-hybridized carbons (Fsp3) is 0.429. The third-order valence-electron chi connectivity index (χ3n) is 3.68. The van der Waals surface area contributed by atoms with Gasteiger partial charge in [-0.15, -0.1) is 0 Å². The first-order valence-electron chi connectivity index (χ1n) is 6.89. The standard InChI is InChI=1S/C14H16Cl2N4O/c1-9(20-6-4-17-5-7-20)13-18-14(21-19-13)11-3-2-10(15)8-12(11)16/h2-3,8-9,17H,4-7H2,1H3. The zero-order valence-electron chi connectivity index (χ0n) is 11.6. The molecular weight excluding hydrogens is 311 g/mol. The number of nitrogens with one attached hydrogen (secondary N) is 1. The van der Waals surface area contributed by atoms with Gasteiger partial charge in [-0.1, -0.05) is 28.4 Å². The molecule has 1 aliphatic rings. The van der Waals surface area contributed by atoms with E-state index in [1.807, 2.05) is 0 Å². The Morgan fingerprint density at radius 1 is 1.29 bits per heavy atom. The van der Waals surface area contributed by atoms with E-state index in [2.05, 4.69) is 27.3 Å². The second-order valence-corrected chi connectivity index (χ2v) is 5.89. The van der Waals surface area contributed by atoms with Crippen molar-refractivity contribution in [3.63, 3.8) is 0 Å². The number of rotatable bonds is 3. The molecule has 1 fully saturated rings. The zero-order chi connectivity index (χ0) is 14.8. The number of aromatic nitrogens is 2. The predicted molar refractivity (Wildman–Crippen MR) is 82.6 cm³/mol. The van der Waals surface area contributed by atoms with Crippen LogP contribution in [-0.4, -0.2) is 41.2 Å². The van der Waals surface area contributed by atoms with Gasteiger partial charge in [0.2, 0.25) is 0 Å². The Morgan fingerprint density at radius 3 is 2.76 bits per heavy atom. The van der Waals surface area contributed by atoms with E-state index >= 15 is 0 Å². The van der Waals surface area contributed by atoms with E-state index in [0.29, 0.717) is 27.3 Å². The van der Waals surface area contributed by atoms with Crippen LogP contribution in [0.1, 0.15) is 18.8 Å². The molecule has 7 heteroatoms. The number of halogens is 2. The van der Waals surface area contributed by atoms with Crippen LogP contribution >= 0.6 is 23.2 Å². The Balaban J connectivity index is 1.82. The van der Waals surface area contributed by atoms with Crippen LogP contribution in [0.5, 0.6) is 0 Å². The second kappa shape index (κ2) is 6.32. The minimum absolute atomic E-state index is 0.121. The number of piperazine rings is 1. The van der Waals surface area contributed by atoms with E-state index in [-0.39, 0.29) is 6.04 Å². The quantitative estimate of drug-likeness (QED) is 0.939. The molecule has 0 amide bonds. The third-order valence-corrected chi connectivity index (χ3v) is 4.22. The summed E-state index contributed by atoms with van der Waals surface area (Å²) >= 11 is 12.1. The molecular formula is C14H16Cl2N4O. The van der Waals surface area contributed by atoms with E-state index in [1.54, 1.807) is 18.2 Å². The summed E-state index contributed by atoms with van der Waals surface area (Å²) in [4.78, 5) is 6.81. The van der Waals surface area contributed by atoms with E-state index in [9.17, 15) is 0 Å². The summed E-state index contributed by atoms with van der Waals surface area (Å²) in [6.45, 7) is 6.01. The van der Waals surface area contributed by atoms with E-state index in [0.717, 1.165) is 26.2 Å². The summed E-state index contributed by atoms with van der Waals surface area (Å²) < 4.78 is 5.35. The molecule has 5 nitrogen and oxygen atoms in total. The van der Waals surface area contributed by atoms with Crippen LogP contribution in [0.4, 0.5) is 0 Å². The molecule has 21 heavy (non-hydrogen) atoms. The Labute approximate surface area is 133 Å². The van der Waals surface area contributed by atoms with Crippen LogP contribution in [0, 0.1) is 0 Å². The van der Waals surface area contributed by atoms with E-state index in [4.69, 9.17) is 27.7 Å². The van der Waals surface area contributed by atoms with Crippen molar-refractivity contribution in [2.45, 2.75) is 13.0 Å². The molecule has 2 aromatic rings. The number of nitrogens with zero attached hydrogens (tertiary/aromatic N) is 3. The highest BCUT2D eigenvalue weighted by Gasteiger charge is 2.23. The van der Waals surface area contributed by atoms with Crippen molar-refractivity contribution in [1.29, 1.82) is 0 Å². The van der Waals surface area contributed by atoms with E-state index < -0.39 is 0 Å². The fourth-order valence-corrected chi connectivity index (χ4v) is 2.90. The lowest BCUT2D eigenvalue weighted by Gasteiger charge is -2.30. The van der Waals surface area contributed by atoms with Crippen molar-refractivity contribution >= 4 is 23.2 Å². The van der Waals surface area contributed by atoms with E-state index in [1.165, 1.54) is 0 Å². The number of hydrogen-bond donors (Lipinski definition) is 1. The van der Waals surface area contributed by atoms with Gasteiger partial charge in [0.15, 0.2) is 5.82 Å². The van der Waals surface area contributed by atoms with Crippen molar-refractivity contribution in [1.82, 2.24) is 20.4 Å². The average molecular weight is 327 g/mol. The molecule has 1 N–H and O–H groups in total. The normalized spacial score (nSPS) is 17.9. The van der Waals surface area contributed by atoms with Crippen LogP contribution in [-0.2, 0) is 0 Å². The molecule has 2 heterocycles. The zero-order valence-corrected chi connectivity index (χ0v) is 13.2. The molecule has 1 aromatic carbocycles. The van der Waals surface area contributed by atoms with Gasteiger partial charge < -0.3 is 9.84 Å². The molecule has 3 rings (SSSR count). The highest BCUT2D eigenvalue weighted by atomic mass is 35.5. The topological polar surface area (TPSA) is 54.2 Å². The first kappa shape index (κ1) is 14.8. The van der Waals surface area contributed by atoms with Crippen LogP contribution in [0.25, 0.3) is 11.5 Å². The van der Waals surface area contributed by atoms with Crippen molar-refractivity contribution in [3.8, 4) is 11.5 Å². The lowest BCUT2D eigenvalue weighted by molar-refractivity contribution is 0.176. The van der Waals surface area contributed by atoms with Crippen molar-refractivity contribution < 1.29 is 4.52 Å². The molecule has 0 saturated carbocycles. The van der Waals surface area contributed by atoms with Gasteiger partial charge in [-0.2, -0.15) is 4.98 Å². The fourth-order valence-electron chi connectivity index (χ4n) is 2.41. The Kier molecular flexibility index (Phi) is 4.45. The maximum absolute atomic E-state index is 6.17. The highest BCUT2D eigenvalue weighted by molar-refractivity contribution is 6.36. The summed E-state index contributed by atoms with van der Waals surface area (Å²) in [5.41, 5.74) is 0.701. The molecule has 1 aliphatic heterocycles. The van der Waals surface area contributed by atoms with Gasteiger partial charge in [-0.05, 0) is 25.1 Å². The van der Waals surface area contributed by atoms with Crippen molar-refractivity contribution in [2.24, 2.45) is 0 Å². The second-order valence-electron chi connectivity index (χ2n) is 5.04. The lowest BCUT2D eigenvalue weighted by atomic mass is 10.2. The molecule has 1 aromatic heterocycles. The van der Waals surface area contributed by atoms with Gasteiger partial charge in [-0.3, -0.25) is 4.90 Å². The maximum atomic E-state index is 6.17. The van der Waals surface area contributed by atoms with Gasteiger partial charge >= 0.3 is 0 Å². The highest BCUT2D eigenvalue weighted by Crippen LogP contribution is 2.30. The number of hydrogen-bond acceptors (Lipinski definition) is 5. The van der Waals surface area contributed by atoms with Crippen LogP contribution < -0.4 is 5.32 Å². The minimum atomic E-state index is 0.121. The smallest absolute Gasteiger partial charge is 0.259 e. The summed E-state index contributed by atoms with van der Waals surface area (Å²) in [6.07, 6.45) is 0. The van der Waals surface area contributed by atoms with Crippen LogP contribution in [0.2, 0.25) is 10.0 Å². The molecule has 0 aliphatic carbocycles. The van der Waals surface area contributed by atoms with Crippen LogP contribution in [0.15, 0.2) is 22.7 Å². The minimum Gasteiger partial charge on any atom is -0.334 e. The number of benzene rings is 1. The molecule has 0 bridgehead atoms. The predicted octanol–water partition coefficient (Wildman–Crippen LogP) is 3.01. The van der Waals surface area contributed by atoms with Gasteiger partial charge in [0.1, 0.15) is 0 Å². The molecule has 0 spiro atoms. The van der Waals surface area contributed by atoms with Gasteiger partial charge in [0, 0.05) is 31.2 Å². The van der Waals surface area contributed by atoms with Gasteiger partial charge in [0.25, 0.3) is 5.89 Å². The molecule has 0 radical (unpaired) electrons. The average Bonchev–Trinajstić information content (AvgIpc) is 2.97. The summed E-state index contributed by atoms with van der Waals surface area (Å²) in [7, 11) is 0. The molecule has 1 saturated heterocycles. The monoisotopic (exact) mass is 326 g/mol. The first-order valence-corrected chi connectivity index (χ1v) is 7.64. The molecule has 112 valence electrons. The first-order chi connectivity index (χ1) is 10.1. The Bertz CT molecular complexity index is 625. The summed E-state index contributed by atoms with van der Waals surface area (Å²) in [6, 6.07) is 5.34. The van der Waals surface area contributed by atoms with Gasteiger partial charge in [-0.25, -0.2) is 0 Å². The molecule has 1 unspecified atom stereocenters. The summed E-state index contributed by atoms with van der Waals surface area (Å²) in [5.74, 6) is 1.10.